The smallest absolute Gasteiger partial charge is 0.229 e. The van der Waals surface area contributed by atoms with E-state index in [0.29, 0.717) is 6.54 Å². The Hall–Kier alpha value is -2.25. The standard InChI is InChI=1S/C21H30N4O3/c26-19(9-12-25-20(27)7-8-21(25)28)22-10-4-11-23-13-15-24(16-14-23)17-18-5-2-1-3-6-18/h1-3,5-6H,4,7-17H2,(H,22,26). The Balaban J connectivity index is 1.23. The van der Waals surface area contributed by atoms with Crippen molar-refractivity contribution >= 4 is 17.7 Å². The summed E-state index contributed by atoms with van der Waals surface area (Å²) in [6, 6.07) is 10.6. The third-order valence-electron chi connectivity index (χ3n) is 5.40. The molecular weight excluding hydrogens is 356 g/mol. The van der Waals surface area contributed by atoms with Gasteiger partial charge in [-0.25, -0.2) is 0 Å². The normalized spacial score (nSPS) is 18.6. The van der Waals surface area contributed by atoms with Gasteiger partial charge in [0.2, 0.25) is 17.7 Å². The van der Waals surface area contributed by atoms with E-state index in [1.54, 1.807) is 0 Å². The zero-order chi connectivity index (χ0) is 19.8. The summed E-state index contributed by atoms with van der Waals surface area (Å²) in [5, 5.41) is 2.89. The highest BCUT2D eigenvalue weighted by atomic mass is 16.2. The maximum absolute atomic E-state index is 11.9. The molecule has 2 saturated heterocycles. The maximum atomic E-state index is 11.9. The highest BCUT2D eigenvalue weighted by molar-refractivity contribution is 6.02. The third-order valence-corrected chi connectivity index (χ3v) is 5.40. The Bertz CT molecular complexity index is 655. The van der Waals surface area contributed by atoms with Crippen LogP contribution in [0.25, 0.3) is 0 Å². The van der Waals surface area contributed by atoms with Crippen LogP contribution in [0.3, 0.4) is 0 Å². The summed E-state index contributed by atoms with van der Waals surface area (Å²) >= 11 is 0. The molecule has 0 saturated carbocycles. The summed E-state index contributed by atoms with van der Waals surface area (Å²) in [5.41, 5.74) is 1.36. The Morgan fingerprint density at radius 2 is 1.54 bits per heavy atom. The van der Waals surface area contributed by atoms with Crippen molar-refractivity contribution < 1.29 is 14.4 Å². The molecule has 7 nitrogen and oxygen atoms in total. The van der Waals surface area contributed by atoms with Crippen molar-refractivity contribution in [1.29, 1.82) is 0 Å². The van der Waals surface area contributed by atoms with E-state index in [1.807, 2.05) is 6.07 Å². The lowest BCUT2D eigenvalue weighted by molar-refractivity contribution is -0.138. The first kappa shape index (κ1) is 20.5. The second kappa shape index (κ2) is 10.3. The fraction of sp³-hybridized carbons (Fsp3) is 0.571. The molecule has 2 aliphatic heterocycles. The van der Waals surface area contributed by atoms with Crippen LogP contribution >= 0.6 is 0 Å². The van der Waals surface area contributed by atoms with Crippen molar-refractivity contribution in [3.8, 4) is 0 Å². The summed E-state index contributed by atoms with van der Waals surface area (Å²) in [6.45, 7) is 7.06. The molecule has 0 unspecified atom stereocenters. The number of hydrogen-bond donors (Lipinski definition) is 1. The molecule has 1 aromatic carbocycles. The average Bonchev–Trinajstić information content (AvgIpc) is 3.03. The zero-order valence-electron chi connectivity index (χ0n) is 16.4. The van der Waals surface area contributed by atoms with Crippen molar-refractivity contribution in [1.82, 2.24) is 20.0 Å². The molecule has 0 radical (unpaired) electrons. The van der Waals surface area contributed by atoms with Gasteiger partial charge in [-0.15, -0.1) is 0 Å². The van der Waals surface area contributed by atoms with Gasteiger partial charge >= 0.3 is 0 Å². The minimum Gasteiger partial charge on any atom is -0.356 e. The summed E-state index contributed by atoms with van der Waals surface area (Å²) < 4.78 is 0. The molecule has 0 aliphatic carbocycles. The minimum absolute atomic E-state index is 0.0971. The van der Waals surface area contributed by atoms with Crippen molar-refractivity contribution in [3.05, 3.63) is 35.9 Å². The third kappa shape index (κ3) is 6.14. The number of nitrogens with zero attached hydrogens (tertiary/aromatic N) is 3. The summed E-state index contributed by atoms with van der Waals surface area (Å²) in [6.07, 6.45) is 1.65. The van der Waals surface area contributed by atoms with Crippen molar-refractivity contribution in [2.24, 2.45) is 0 Å². The molecule has 3 rings (SSSR count). The topological polar surface area (TPSA) is 73.0 Å². The van der Waals surface area contributed by atoms with Gasteiger partial charge in [0.25, 0.3) is 0 Å². The molecule has 7 heteroatoms. The van der Waals surface area contributed by atoms with E-state index < -0.39 is 0 Å². The van der Waals surface area contributed by atoms with Crippen molar-refractivity contribution in [3.63, 3.8) is 0 Å². The number of nitrogens with one attached hydrogen (secondary N) is 1. The highest BCUT2D eigenvalue weighted by Gasteiger charge is 2.28. The van der Waals surface area contributed by atoms with Crippen LogP contribution < -0.4 is 5.32 Å². The first-order valence-corrected chi connectivity index (χ1v) is 10.2. The van der Waals surface area contributed by atoms with Crippen LogP contribution in [0.1, 0.15) is 31.2 Å². The van der Waals surface area contributed by atoms with E-state index in [-0.39, 0.29) is 43.5 Å². The Morgan fingerprint density at radius 1 is 0.893 bits per heavy atom. The van der Waals surface area contributed by atoms with E-state index in [2.05, 4.69) is 39.4 Å². The van der Waals surface area contributed by atoms with Crippen molar-refractivity contribution in [2.75, 3.05) is 45.8 Å². The van der Waals surface area contributed by atoms with Gasteiger partial charge in [0, 0.05) is 65.1 Å². The fourth-order valence-corrected chi connectivity index (χ4v) is 3.72. The van der Waals surface area contributed by atoms with E-state index in [1.165, 1.54) is 10.5 Å². The molecule has 1 aromatic rings. The van der Waals surface area contributed by atoms with E-state index in [9.17, 15) is 14.4 Å². The van der Waals surface area contributed by atoms with Crippen LogP contribution in [0.2, 0.25) is 0 Å². The van der Waals surface area contributed by atoms with Crippen LogP contribution in [0, 0.1) is 0 Å². The number of carbonyl (C=O) groups excluding carboxylic acids is 3. The van der Waals surface area contributed by atoms with Gasteiger partial charge in [-0.3, -0.25) is 24.2 Å². The Kier molecular flexibility index (Phi) is 7.56. The molecule has 2 heterocycles. The first-order chi connectivity index (χ1) is 13.6. The lowest BCUT2D eigenvalue weighted by atomic mass is 10.2. The summed E-state index contributed by atoms with van der Waals surface area (Å²) in [5.74, 6) is -0.423. The van der Waals surface area contributed by atoms with Crippen molar-refractivity contribution in [2.45, 2.75) is 32.2 Å². The highest BCUT2D eigenvalue weighted by Crippen LogP contribution is 2.12. The van der Waals surface area contributed by atoms with E-state index in [0.717, 1.165) is 45.7 Å². The maximum Gasteiger partial charge on any atom is 0.229 e. The largest absolute Gasteiger partial charge is 0.356 e. The van der Waals surface area contributed by atoms with E-state index >= 15 is 0 Å². The second-order valence-corrected chi connectivity index (χ2v) is 7.50. The van der Waals surface area contributed by atoms with Crippen LogP contribution in [0.4, 0.5) is 0 Å². The molecule has 0 bridgehead atoms. The molecule has 2 aliphatic rings. The SMILES string of the molecule is O=C(CCN1C(=O)CCC1=O)NCCCN1CCN(Cc2ccccc2)CC1. The van der Waals surface area contributed by atoms with Gasteiger partial charge in [-0.05, 0) is 18.5 Å². The van der Waals surface area contributed by atoms with E-state index in [4.69, 9.17) is 0 Å². The Labute approximate surface area is 166 Å². The molecular formula is C21H30N4O3. The quantitative estimate of drug-likeness (QED) is 0.503. The number of amides is 3. The molecule has 152 valence electrons. The summed E-state index contributed by atoms with van der Waals surface area (Å²) in [4.78, 5) is 41.1. The second-order valence-electron chi connectivity index (χ2n) is 7.50. The molecule has 2 fully saturated rings. The van der Waals surface area contributed by atoms with Gasteiger partial charge < -0.3 is 10.2 Å². The molecule has 0 spiro atoms. The lowest BCUT2D eigenvalue weighted by Crippen LogP contribution is -2.46. The monoisotopic (exact) mass is 386 g/mol. The van der Waals surface area contributed by atoms with Crippen LogP contribution in [-0.4, -0.2) is 78.2 Å². The average molecular weight is 386 g/mol. The minimum atomic E-state index is -0.163. The number of imide groups is 1. The van der Waals surface area contributed by atoms with Crippen LogP contribution in [-0.2, 0) is 20.9 Å². The number of likely N-dealkylation sites (tertiary alicyclic amines) is 1. The number of benzene rings is 1. The first-order valence-electron chi connectivity index (χ1n) is 10.2. The molecule has 1 N–H and O–H groups in total. The number of hydrogen-bond acceptors (Lipinski definition) is 5. The van der Waals surface area contributed by atoms with Gasteiger partial charge in [-0.2, -0.15) is 0 Å². The Morgan fingerprint density at radius 3 is 2.21 bits per heavy atom. The number of piperazine rings is 1. The molecule has 0 aromatic heterocycles. The fourth-order valence-electron chi connectivity index (χ4n) is 3.72. The van der Waals surface area contributed by atoms with Gasteiger partial charge in [0.1, 0.15) is 0 Å². The molecule has 28 heavy (non-hydrogen) atoms. The van der Waals surface area contributed by atoms with Gasteiger partial charge in [0.15, 0.2) is 0 Å². The van der Waals surface area contributed by atoms with Crippen LogP contribution in [0.15, 0.2) is 30.3 Å². The summed E-state index contributed by atoms with van der Waals surface area (Å²) in [7, 11) is 0. The number of carbonyl (C=O) groups is 3. The number of rotatable bonds is 9. The van der Waals surface area contributed by atoms with Gasteiger partial charge in [-0.1, -0.05) is 30.3 Å². The molecule has 0 atom stereocenters. The predicted octanol–water partition coefficient (Wildman–Crippen LogP) is 0.850. The van der Waals surface area contributed by atoms with Gasteiger partial charge in [0.05, 0.1) is 0 Å². The lowest BCUT2D eigenvalue weighted by Gasteiger charge is -2.34. The predicted molar refractivity (Wildman–Crippen MR) is 106 cm³/mol. The van der Waals surface area contributed by atoms with Crippen LogP contribution in [0.5, 0.6) is 0 Å². The zero-order valence-corrected chi connectivity index (χ0v) is 16.4. The molecule has 3 amide bonds.